The lowest BCUT2D eigenvalue weighted by atomic mass is 10.1. The number of fused-ring (bicyclic) bond motifs is 1. The van der Waals surface area contributed by atoms with E-state index in [0.717, 1.165) is 38.3 Å². The minimum atomic E-state index is 0.572. The summed E-state index contributed by atoms with van der Waals surface area (Å²) >= 11 is 1.47. The van der Waals surface area contributed by atoms with E-state index in [4.69, 9.17) is 14.6 Å². The maximum absolute atomic E-state index is 5.39. The van der Waals surface area contributed by atoms with Crippen LogP contribution in [0.1, 0.15) is 11.4 Å². The highest BCUT2D eigenvalue weighted by Crippen LogP contribution is 2.30. The highest BCUT2D eigenvalue weighted by molar-refractivity contribution is 7.19. The normalized spacial score (nSPS) is 11.1. The summed E-state index contributed by atoms with van der Waals surface area (Å²) in [4.78, 5) is 0.733. The predicted molar refractivity (Wildman–Crippen MR) is 114 cm³/mol. The zero-order chi connectivity index (χ0) is 20.5. The Bertz CT molecular complexity index is 1310. The molecule has 0 aliphatic rings. The molecule has 0 fully saturated rings. The molecule has 5 aromatic rings. The number of aromatic nitrogens is 6. The minimum Gasteiger partial charge on any atom is -0.493 e. The second kappa shape index (κ2) is 7.60. The molecule has 3 aromatic heterocycles. The molecule has 0 bridgehead atoms. The second-order valence-corrected chi connectivity index (χ2v) is 7.57. The molecule has 8 nitrogen and oxygen atoms in total. The van der Waals surface area contributed by atoms with Crippen LogP contribution < -0.4 is 9.47 Å². The van der Waals surface area contributed by atoms with Crippen molar-refractivity contribution >= 4 is 16.3 Å². The van der Waals surface area contributed by atoms with Gasteiger partial charge in [-0.25, -0.2) is 0 Å². The van der Waals surface area contributed by atoms with E-state index in [1.807, 2.05) is 54.6 Å². The maximum atomic E-state index is 5.39. The number of hydrogen-bond acceptors (Lipinski definition) is 7. The molecule has 1 N–H and O–H groups in total. The summed E-state index contributed by atoms with van der Waals surface area (Å²) in [5.41, 5.74) is 3.81. The Balaban J connectivity index is 1.44. The largest absolute Gasteiger partial charge is 0.493 e. The first-order chi connectivity index (χ1) is 14.7. The van der Waals surface area contributed by atoms with Crippen LogP contribution in [0.25, 0.3) is 26.9 Å². The van der Waals surface area contributed by atoms with Gasteiger partial charge in [0.2, 0.25) is 4.96 Å². The molecule has 0 aliphatic heterocycles. The molecule has 0 spiro atoms. The third-order valence-corrected chi connectivity index (χ3v) is 5.68. The van der Waals surface area contributed by atoms with E-state index in [0.29, 0.717) is 17.9 Å². The Kier molecular flexibility index (Phi) is 4.64. The van der Waals surface area contributed by atoms with Gasteiger partial charge in [-0.15, -0.1) is 10.2 Å². The smallest absolute Gasteiger partial charge is 0.235 e. The summed E-state index contributed by atoms with van der Waals surface area (Å²) in [5.74, 6) is 2.13. The molecule has 5 rings (SSSR count). The predicted octanol–water partition coefficient (Wildman–Crippen LogP) is 3.85. The Morgan fingerprint density at radius 3 is 2.60 bits per heavy atom. The molecule has 30 heavy (non-hydrogen) atoms. The van der Waals surface area contributed by atoms with Crippen LogP contribution in [0.5, 0.6) is 11.5 Å². The molecule has 0 radical (unpaired) electrons. The average molecular weight is 418 g/mol. The maximum Gasteiger partial charge on any atom is 0.235 e. The molecule has 0 unspecified atom stereocenters. The van der Waals surface area contributed by atoms with Gasteiger partial charge < -0.3 is 9.47 Å². The zero-order valence-corrected chi connectivity index (χ0v) is 17.2. The number of benzene rings is 2. The third-order valence-electron chi connectivity index (χ3n) is 4.74. The Labute approximate surface area is 176 Å². The van der Waals surface area contributed by atoms with Gasteiger partial charge in [0.1, 0.15) is 0 Å². The van der Waals surface area contributed by atoms with Gasteiger partial charge in [0.15, 0.2) is 22.3 Å². The summed E-state index contributed by atoms with van der Waals surface area (Å²) in [6.45, 7) is 0. The fraction of sp³-hybridized carbons (Fsp3) is 0.143. The van der Waals surface area contributed by atoms with Crippen molar-refractivity contribution in [2.45, 2.75) is 6.42 Å². The van der Waals surface area contributed by atoms with E-state index in [-0.39, 0.29) is 0 Å². The van der Waals surface area contributed by atoms with E-state index in [9.17, 15) is 0 Å². The van der Waals surface area contributed by atoms with Crippen LogP contribution >= 0.6 is 11.3 Å². The fourth-order valence-corrected chi connectivity index (χ4v) is 4.06. The lowest BCUT2D eigenvalue weighted by Crippen LogP contribution is -1.99. The highest BCUT2D eigenvalue weighted by atomic mass is 32.1. The number of hydrogen-bond donors (Lipinski definition) is 1. The summed E-state index contributed by atoms with van der Waals surface area (Å²) in [6.07, 6.45) is 0.572. The standard InChI is InChI=1S/C21H18N6O2S/c1-28-17-9-8-13(10-18(17)29-2)11-19-24-25-21-27(19)26-20(30-21)16-12-15(22-23-16)14-6-4-3-5-7-14/h3-10,12H,11H2,1-2H3,(H,22,23). The Hall–Kier alpha value is -3.72. The zero-order valence-electron chi connectivity index (χ0n) is 16.4. The average Bonchev–Trinajstić information content (AvgIpc) is 3.51. The lowest BCUT2D eigenvalue weighted by molar-refractivity contribution is 0.354. The second-order valence-electron chi connectivity index (χ2n) is 6.62. The van der Waals surface area contributed by atoms with Crippen LogP contribution in [0.3, 0.4) is 0 Å². The molecule has 9 heteroatoms. The molecule has 0 atom stereocenters. The van der Waals surface area contributed by atoms with E-state index >= 15 is 0 Å². The quantitative estimate of drug-likeness (QED) is 0.450. The molecular formula is C21H18N6O2S. The van der Waals surface area contributed by atoms with Crippen molar-refractivity contribution in [3.63, 3.8) is 0 Å². The molecule has 3 heterocycles. The molecule has 0 amide bonds. The van der Waals surface area contributed by atoms with Crippen molar-refractivity contribution in [3.05, 3.63) is 66.0 Å². The Morgan fingerprint density at radius 2 is 1.80 bits per heavy atom. The molecular weight excluding hydrogens is 400 g/mol. The van der Waals surface area contributed by atoms with Gasteiger partial charge in [0.05, 0.1) is 25.6 Å². The van der Waals surface area contributed by atoms with Gasteiger partial charge in [-0.3, -0.25) is 5.10 Å². The van der Waals surface area contributed by atoms with E-state index in [2.05, 4.69) is 20.4 Å². The summed E-state index contributed by atoms with van der Waals surface area (Å²) < 4.78 is 12.5. The van der Waals surface area contributed by atoms with Gasteiger partial charge >= 0.3 is 0 Å². The van der Waals surface area contributed by atoms with Crippen LogP contribution in [0.15, 0.2) is 54.6 Å². The number of rotatable bonds is 6. The van der Waals surface area contributed by atoms with Crippen LogP contribution in [-0.2, 0) is 6.42 Å². The van der Waals surface area contributed by atoms with Crippen LogP contribution in [0.2, 0.25) is 0 Å². The van der Waals surface area contributed by atoms with E-state index in [1.165, 1.54) is 11.3 Å². The number of ether oxygens (including phenoxy) is 2. The van der Waals surface area contributed by atoms with Gasteiger partial charge in [-0.1, -0.05) is 47.7 Å². The van der Waals surface area contributed by atoms with Gasteiger partial charge in [0, 0.05) is 12.0 Å². The van der Waals surface area contributed by atoms with Crippen molar-refractivity contribution < 1.29 is 9.47 Å². The third kappa shape index (κ3) is 3.29. The molecule has 0 saturated carbocycles. The van der Waals surface area contributed by atoms with Crippen LogP contribution in [-0.4, -0.2) is 44.2 Å². The van der Waals surface area contributed by atoms with Crippen molar-refractivity contribution in [1.29, 1.82) is 0 Å². The summed E-state index contributed by atoms with van der Waals surface area (Å²) in [7, 11) is 3.24. The van der Waals surface area contributed by atoms with Crippen molar-refractivity contribution in [2.24, 2.45) is 0 Å². The topological polar surface area (TPSA) is 90.2 Å². The number of nitrogens with zero attached hydrogens (tertiary/aromatic N) is 5. The fourth-order valence-electron chi connectivity index (χ4n) is 3.24. The highest BCUT2D eigenvalue weighted by Gasteiger charge is 2.16. The first-order valence-corrected chi connectivity index (χ1v) is 10.1. The number of aromatic amines is 1. The Morgan fingerprint density at radius 1 is 0.967 bits per heavy atom. The van der Waals surface area contributed by atoms with Crippen molar-refractivity contribution in [1.82, 2.24) is 30.0 Å². The first-order valence-electron chi connectivity index (χ1n) is 9.28. The van der Waals surface area contributed by atoms with Crippen LogP contribution in [0.4, 0.5) is 0 Å². The number of H-pyrrole nitrogens is 1. The van der Waals surface area contributed by atoms with Crippen LogP contribution in [0, 0.1) is 0 Å². The van der Waals surface area contributed by atoms with E-state index < -0.39 is 0 Å². The van der Waals surface area contributed by atoms with Gasteiger partial charge in [-0.2, -0.15) is 14.7 Å². The number of methoxy groups -OCH3 is 2. The molecule has 0 saturated heterocycles. The van der Waals surface area contributed by atoms with Crippen molar-refractivity contribution in [2.75, 3.05) is 14.2 Å². The van der Waals surface area contributed by atoms with Gasteiger partial charge in [0.25, 0.3) is 0 Å². The number of nitrogens with one attached hydrogen (secondary N) is 1. The molecule has 2 aromatic carbocycles. The monoisotopic (exact) mass is 418 g/mol. The first kappa shape index (κ1) is 18.3. The van der Waals surface area contributed by atoms with E-state index in [1.54, 1.807) is 18.7 Å². The van der Waals surface area contributed by atoms with Crippen molar-refractivity contribution in [3.8, 4) is 33.5 Å². The summed E-state index contributed by atoms with van der Waals surface area (Å²) in [6, 6.07) is 17.8. The SMILES string of the molecule is COc1ccc(Cc2nnc3sc(-c4cc(-c5ccccc5)n[nH]4)nn23)cc1OC. The lowest BCUT2D eigenvalue weighted by Gasteiger charge is -2.08. The molecule has 150 valence electrons. The van der Waals surface area contributed by atoms with Gasteiger partial charge in [-0.05, 0) is 23.8 Å². The minimum absolute atomic E-state index is 0.572. The summed E-state index contributed by atoms with van der Waals surface area (Å²) in [5, 5.41) is 21.6. The molecule has 0 aliphatic carbocycles.